The lowest BCUT2D eigenvalue weighted by Crippen LogP contribution is -2.23. The van der Waals surface area contributed by atoms with E-state index in [9.17, 15) is 4.79 Å². The summed E-state index contributed by atoms with van der Waals surface area (Å²) < 4.78 is 10.9. The smallest absolute Gasteiger partial charge is 0.291 e. The molecular formula is C21H22N4O3. The van der Waals surface area contributed by atoms with E-state index >= 15 is 0 Å². The molecule has 3 aromatic rings. The fraction of sp³-hybridized carbons (Fsp3) is 0.286. The number of hydrogen-bond donors (Lipinski definition) is 1. The van der Waals surface area contributed by atoms with Gasteiger partial charge in [-0.3, -0.25) is 4.79 Å². The fourth-order valence-corrected chi connectivity index (χ4v) is 3.36. The van der Waals surface area contributed by atoms with Crippen molar-refractivity contribution in [1.29, 1.82) is 0 Å². The van der Waals surface area contributed by atoms with E-state index in [1.54, 1.807) is 18.5 Å². The van der Waals surface area contributed by atoms with Crippen molar-refractivity contribution < 1.29 is 13.9 Å². The van der Waals surface area contributed by atoms with Crippen molar-refractivity contribution in [1.82, 2.24) is 9.97 Å². The van der Waals surface area contributed by atoms with Crippen LogP contribution >= 0.6 is 0 Å². The highest BCUT2D eigenvalue weighted by atomic mass is 16.5. The number of carbonyl (C=O) groups is 1. The monoisotopic (exact) mass is 378 g/mol. The lowest BCUT2D eigenvalue weighted by atomic mass is 10.1. The second-order valence-corrected chi connectivity index (χ2v) is 6.51. The van der Waals surface area contributed by atoms with Gasteiger partial charge in [-0.25, -0.2) is 9.97 Å². The number of amides is 1. The number of anilines is 2. The predicted molar refractivity (Wildman–Crippen MR) is 107 cm³/mol. The summed E-state index contributed by atoms with van der Waals surface area (Å²) in [6, 6.07) is 11.0. The summed E-state index contributed by atoms with van der Waals surface area (Å²) in [6.45, 7) is 4.32. The van der Waals surface area contributed by atoms with Crippen molar-refractivity contribution in [2.75, 3.05) is 29.9 Å². The van der Waals surface area contributed by atoms with Crippen molar-refractivity contribution in [2.24, 2.45) is 0 Å². The predicted octanol–water partition coefficient (Wildman–Crippen LogP) is 3.99. The molecule has 0 atom stereocenters. The highest BCUT2D eigenvalue weighted by Crippen LogP contribution is 2.36. The Balaban J connectivity index is 1.77. The molecule has 7 nitrogen and oxygen atoms in total. The molecule has 28 heavy (non-hydrogen) atoms. The first kappa shape index (κ1) is 18.0. The highest BCUT2D eigenvalue weighted by molar-refractivity contribution is 6.06. The molecule has 1 saturated heterocycles. The first-order valence-corrected chi connectivity index (χ1v) is 9.44. The van der Waals surface area contributed by atoms with Crippen molar-refractivity contribution in [3.63, 3.8) is 0 Å². The molecular weight excluding hydrogens is 356 g/mol. The zero-order chi connectivity index (χ0) is 19.3. The maximum Gasteiger partial charge on any atom is 0.291 e. The maximum atomic E-state index is 12.7. The van der Waals surface area contributed by atoms with E-state index in [2.05, 4.69) is 20.2 Å². The zero-order valence-electron chi connectivity index (χ0n) is 15.7. The van der Waals surface area contributed by atoms with Gasteiger partial charge in [0.2, 0.25) is 0 Å². The van der Waals surface area contributed by atoms with Gasteiger partial charge < -0.3 is 19.4 Å². The van der Waals surface area contributed by atoms with Crippen LogP contribution in [-0.4, -0.2) is 35.6 Å². The number of rotatable bonds is 6. The van der Waals surface area contributed by atoms with Crippen LogP contribution in [0.4, 0.5) is 11.5 Å². The second-order valence-electron chi connectivity index (χ2n) is 6.51. The number of nitrogens with one attached hydrogen (secondary N) is 1. The number of hydrogen-bond acceptors (Lipinski definition) is 6. The van der Waals surface area contributed by atoms with E-state index in [4.69, 9.17) is 9.15 Å². The molecule has 4 rings (SSSR count). The van der Waals surface area contributed by atoms with Crippen LogP contribution in [0.5, 0.6) is 5.75 Å². The van der Waals surface area contributed by atoms with E-state index in [1.807, 2.05) is 31.2 Å². The van der Waals surface area contributed by atoms with Gasteiger partial charge in [-0.15, -0.1) is 0 Å². The third kappa shape index (κ3) is 3.69. The molecule has 0 unspecified atom stereocenters. The number of nitrogens with zero attached hydrogens (tertiary/aromatic N) is 3. The van der Waals surface area contributed by atoms with Gasteiger partial charge in [0.05, 0.1) is 18.6 Å². The first-order valence-electron chi connectivity index (χ1n) is 9.44. The Morgan fingerprint density at radius 3 is 2.82 bits per heavy atom. The Hall–Kier alpha value is -3.35. The van der Waals surface area contributed by atoms with Crippen LogP contribution in [0, 0.1) is 0 Å². The van der Waals surface area contributed by atoms with E-state index in [0.29, 0.717) is 18.0 Å². The summed E-state index contributed by atoms with van der Waals surface area (Å²) in [5.74, 6) is 1.39. The molecule has 0 saturated carbocycles. The van der Waals surface area contributed by atoms with Gasteiger partial charge >= 0.3 is 0 Å². The Bertz CT molecular complexity index is 950. The summed E-state index contributed by atoms with van der Waals surface area (Å²) in [5.41, 5.74) is 2.08. The fourth-order valence-electron chi connectivity index (χ4n) is 3.36. The molecule has 1 fully saturated rings. The third-order valence-corrected chi connectivity index (χ3v) is 4.63. The van der Waals surface area contributed by atoms with Crippen LogP contribution in [0.15, 0.2) is 53.4 Å². The van der Waals surface area contributed by atoms with Crippen LogP contribution < -0.4 is 15.0 Å². The minimum absolute atomic E-state index is 0.241. The normalized spacial score (nSPS) is 13.5. The molecule has 7 heteroatoms. The number of aromatic nitrogens is 2. The van der Waals surface area contributed by atoms with Crippen molar-refractivity contribution in [3.05, 3.63) is 54.7 Å². The van der Waals surface area contributed by atoms with E-state index in [0.717, 1.165) is 43.1 Å². The molecule has 1 N–H and O–H groups in total. The Morgan fingerprint density at radius 2 is 2.07 bits per heavy atom. The van der Waals surface area contributed by atoms with Crippen LogP contribution in [0.25, 0.3) is 11.3 Å². The van der Waals surface area contributed by atoms with E-state index < -0.39 is 0 Å². The zero-order valence-corrected chi connectivity index (χ0v) is 15.7. The SMILES string of the molecule is CCOc1cccc(-c2ncnc(N3CCCC3)c2NC(=O)c2ccco2)c1. The molecule has 144 valence electrons. The van der Waals surface area contributed by atoms with Crippen LogP contribution in [0.2, 0.25) is 0 Å². The largest absolute Gasteiger partial charge is 0.494 e. The molecule has 2 aromatic heterocycles. The number of benzene rings is 1. The molecule has 1 aliphatic rings. The second kappa shape index (κ2) is 8.12. The molecule has 0 aliphatic carbocycles. The van der Waals surface area contributed by atoms with Crippen molar-refractivity contribution >= 4 is 17.4 Å². The highest BCUT2D eigenvalue weighted by Gasteiger charge is 2.23. The van der Waals surface area contributed by atoms with Gasteiger partial charge in [-0.2, -0.15) is 0 Å². The number of carbonyl (C=O) groups excluding carboxylic acids is 1. The summed E-state index contributed by atoms with van der Waals surface area (Å²) in [5, 5.41) is 2.97. The first-order chi connectivity index (χ1) is 13.8. The molecule has 1 aliphatic heterocycles. The Labute approximate surface area is 163 Å². The minimum Gasteiger partial charge on any atom is -0.494 e. The molecule has 1 aromatic carbocycles. The number of furan rings is 1. The quantitative estimate of drug-likeness (QED) is 0.699. The average molecular weight is 378 g/mol. The summed E-state index contributed by atoms with van der Waals surface area (Å²) in [6.07, 6.45) is 5.22. The van der Waals surface area contributed by atoms with Crippen LogP contribution in [-0.2, 0) is 0 Å². The molecule has 0 spiro atoms. The number of ether oxygens (including phenoxy) is 1. The van der Waals surface area contributed by atoms with Crippen LogP contribution in [0.1, 0.15) is 30.3 Å². The Morgan fingerprint density at radius 1 is 1.21 bits per heavy atom. The standard InChI is InChI=1S/C21H22N4O3/c1-2-27-16-8-5-7-15(13-16)18-19(24-21(26)17-9-6-12-28-17)20(23-14-22-18)25-10-3-4-11-25/h5-9,12-14H,2-4,10-11H2,1H3,(H,24,26). The van der Waals surface area contributed by atoms with Gasteiger partial charge in [0, 0.05) is 18.7 Å². The Kier molecular flexibility index (Phi) is 5.23. The molecule has 3 heterocycles. The van der Waals surface area contributed by atoms with Crippen molar-refractivity contribution in [3.8, 4) is 17.0 Å². The van der Waals surface area contributed by atoms with Gasteiger partial charge in [-0.05, 0) is 44.0 Å². The summed E-state index contributed by atoms with van der Waals surface area (Å²) in [4.78, 5) is 23.8. The maximum absolute atomic E-state index is 12.7. The van der Waals surface area contributed by atoms with Gasteiger partial charge in [-0.1, -0.05) is 12.1 Å². The third-order valence-electron chi connectivity index (χ3n) is 4.63. The average Bonchev–Trinajstić information content (AvgIpc) is 3.43. The van der Waals surface area contributed by atoms with Gasteiger partial charge in [0.25, 0.3) is 5.91 Å². The molecule has 0 radical (unpaired) electrons. The topological polar surface area (TPSA) is 80.5 Å². The summed E-state index contributed by atoms with van der Waals surface area (Å²) >= 11 is 0. The van der Waals surface area contributed by atoms with Crippen molar-refractivity contribution in [2.45, 2.75) is 19.8 Å². The van der Waals surface area contributed by atoms with E-state index in [-0.39, 0.29) is 11.7 Å². The van der Waals surface area contributed by atoms with Crippen LogP contribution in [0.3, 0.4) is 0 Å². The van der Waals surface area contributed by atoms with E-state index in [1.165, 1.54) is 6.26 Å². The van der Waals surface area contributed by atoms with Gasteiger partial charge in [0.15, 0.2) is 11.6 Å². The lowest BCUT2D eigenvalue weighted by Gasteiger charge is -2.21. The lowest BCUT2D eigenvalue weighted by molar-refractivity contribution is 0.0996. The minimum atomic E-state index is -0.331. The molecule has 0 bridgehead atoms. The summed E-state index contributed by atoms with van der Waals surface area (Å²) in [7, 11) is 0. The van der Waals surface area contributed by atoms with Gasteiger partial charge in [0.1, 0.15) is 17.8 Å². The molecule has 1 amide bonds.